The van der Waals surface area contributed by atoms with E-state index in [1.54, 1.807) is 11.8 Å². The molecule has 39 heavy (non-hydrogen) atoms. The van der Waals surface area contributed by atoms with Crippen molar-refractivity contribution in [3.05, 3.63) is 115 Å². The van der Waals surface area contributed by atoms with Crippen molar-refractivity contribution < 1.29 is 0 Å². The Morgan fingerprint density at radius 3 is 2.36 bits per heavy atom. The quantitative estimate of drug-likeness (QED) is 0.224. The van der Waals surface area contributed by atoms with Crippen molar-refractivity contribution in [1.82, 2.24) is 9.55 Å². The van der Waals surface area contributed by atoms with E-state index >= 15 is 0 Å². The fourth-order valence-corrected chi connectivity index (χ4v) is 6.53. The highest BCUT2D eigenvalue weighted by atomic mass is 32.2. The lowest BCUT2D eigenvalue weighted by Crippen LogP contribution is -2.23. The summed E-state index contributed by atoms with van der Waals surface area (Å²) in [6, 6.07) is 37.3. The Labute approximate surface area is 233 Å². The van der Waals surface area contributed by atoms with Crippen LogP contribution in [0.15, 0.2) is 119 Å². The van der Waals surface area contributed by atoms with Gasteiger partial charge >= 0.3 is 0 Å². The summed E-state index contributed by atoms with van der Waals surface area (Å²) in [4.78, 5) is 11.9. The molecule has 0 fully saturated rings. The number of nitrogens with zero attached hydrogens (tertiary/aromatic N) is 4. The fraction of sp³-hybridized carbons (Fsp3) is 0.147. The van der Waals surface area contributed by atoms with Crippen LogP contribution in [-0.4, -0.2) is 23.3 Å². The van der Waals surface area contributed by atoms with E-state index in [1.807, 2.05) is 6.20 Å². The highest BCUT2D eigenvalue weighted by Gasteiger charge is 2.24. The number of para-hydroxylation sites is 3. The van der Waals surface area contributed by atoms with Crippen molar-refractivity contribution in [2.45, 2.75) is 29.6 Å². The van der Waals surface area contributed by atoms with Crippen molar-refractivity contribution in [1.29, 1.82) is 0 Å². The average Bonchev–Trinajstić information content (AvgIpc) is 3.48. The maximum Gasteiger partial charge on any atom is 0.137 e. The number of aromatic nitrogens is 2. The van der Waals surface area contributed by atoms with Crippen LogP contribution in [0.3, 0.4) is 0 Å². The third-order valence-corrected chi connectivity index (χ3v) is 8.59. The molecule has 192 valence electrons. The van der Waals surface area contributed by atoms with Gasteiger partial charge in [-0.25, -0.2) is 4.98 Å². The summed E-state index contributed by atoms with van der Waals surface area (Å²) in [6.07, 6.45) is 1.93. The van der Waals surface area contributed by atoms with Gasteiger partial charge in [-0.2, -0.15) is 0 Å². The van der Waals surface area contributed by atoms with Crippen LogP contribution in [0.2, 0.25) is 0 Å². The molecule has 0 N–H and O–H groups in total. The van der Waals surface area contributed by atoms with Crippen LogP contribution < -0.4 is 9.80 Å². The molecule has 0 radical (unpaired) electrons. The highest BCUT2D eigenvalue weighted by Crippen LogP contribution is 2.42. The molecule has 0 aliphatic carbocycles. The predicted molar refractivity (Wildman–Crippen MR) is 165 cm³/mol. The van der Waals surface area contributed by atoms with E-state index in [1.165, 1.54) is 54.2 Å². The van der Waals surface area contributed by atoms with Crippen LogP contribution >= 0.6 is 11.8 Å². The second-order valence-corrected chi connectivity index (χ2v) is 11.6. The number of pyridine rings is 1. The monoisotopic (exact) mass is 526 g/mol. The average molecular weight is 527 g/mol. The molecule has 0 saturated heterocycles. The van der Waals surface area contributed by atoms with E-state index in [2.05, 4.69) is 138 Å². The van der Waals surface area contributed by atoms with E-state index in [0.29, 0.717) is 5.92 Å². The van der Waals surface area contributed by atoms with Gasteiger partial charge in [0.05, 0.1) is 29.1 Å². The summed E-state index contributed by atoms with van der Waals surface area (Å²) in [7, 11) is 2.15. The Balaban J connectivity index is 1.29. The van der Waals surface area contributed by atoms with Gasteiger partial charge in [-0.3, -0.25) is 4.57 Å². The second-order valence-electron chi connectivity index (χ2n) is 10.5. The first-order chi connectivity index (χ1) is 19.1. The van der Waals surface area contributed by atoms with Gasteiger partial charge in [0.1, 0.15) is 5.82 Å². The maximum absolute atomic E-state index is 4.81. The summed E-state index contributed by atoms with van der Waals surface area (Å²) >= 11 is 1.81. The van der Waals surface area contributed by atoms with Crippen molar-refractivity contribution in [2.24, 2.45) is 0 Å². The molecule has 3 heterocycles. The summed E-state index contributed by atoms with van der Waals surface area (Å²) < 4.78 is 2.31. The fourth-order valence-electron chi connectivity index (χ4n) is 5.63. The van der Waals surface area contributed by atoms with E-state index < -0.39 is 0 Å². The minimum atomic E-state index is 0.445. The lowest BCUT2D eigenvalue weighted by molar-refractivity contribution is 0.858. The van der Waals surface area contributed by atoms with E-state index in [0.717, 1.165) is 12.5 Å². The molecule has 0 bridgehead atoms. The van der Waals surface area contributed by atoms with Crippen molar-refractivity contribution in [3.8, 4) is 5.82 Å². The molecule has 6 aromatic rings. The van der Waals surface area contributed by atoms with Crippen molar-refractivity contribution in [2.75, 3.05) is 23.5 Å². The largest absolute Gasteiger partial charge is 0.355 e. The predicted octanol–water partition coefficient (Wildman–Crippen LogP) is 9.00. The molecule has 4 aromatic carbocycles. The third-order valence-electron chi connectivity index (χ3n) is 7.61. The van der Waals surface area contributed by atoms with E-state index in [-0.39, 0.29) is 0 Å². The number of benzene rings is 4. The molecule has 2 aromatic heterocycles. The molecule has 0 saturated carbocycles. The first kappa shape index (κ1) is 23.9. The first-order valence-corrected chi connectivity index (χ1v) is 14.2. The van der Waals surface area contributed by atoms with Crippen LogP contribution in [0, 0.1) is 0 Å². The minimum absolute atomic E-state index is 0.445. The Hall–Kier alpha value is -4.22. The molecule has 1 aliphatic heterocycles. The van der Waals surface area contributed by atoms with Gasteiger partial charge in [0.15, 0.2) is 0 Å². The lowest BCUT2D eigenvalue weighted by Gasteiger charge is -2.20. The van der Waals surface area contributed by atoms with Gasteiger partial charge in [0, 0.05) is 39.5 Å². The number of fused-ring (bicyclic) bond motifs is 4. The number of hydrogen-bond donors (Lipinski definition) is 0. The SMILES string of the molecule is CC(C)c1ccnc(-n2c3ccccc3c3ccc(Sc4cccc(N5CN(C)c6ccccc65)c4)cc32)c1. The molecule has 0 amide bonds. The Morgan fingerprint density at radius 1 is 0.718 bits per heavy atom. The summed E-state index contributed by atoms with van der Waals surface area (Å²) in [5, 5.41) is 2.50. The summed E-state index contributed by atoms with van der Waals surface area (Å²) in [5.74, 6) is 1.41. The van der Waals surface area contributed by atoms with E-state index in [9.17, 15) is 0 Å². The highest BCUT2D eigenvalue weighted by molar-refractivity contribution is 7.99. The summed E-state index contributed by atoms with van der Waals surface area (Å²) in [6.45, 7) is 5.31. The molecule has 0 atom stereocenters. The van der Waals surface area contributed by atoms with Crippen LogP contribution in [0.4, 0.5) is 17.1 Å². The minimum Gasteiger partial charge on any atom is -0.355 e. The van der Waals surface area contributed by atoms with E-state index in [4.69, 9.17) is 4.98 Å². The van der Waals surface area contributed by atoms with Gasteiger partial charge in [0.2, 0.25) is 0 Å². The Kier molecular flexibility index (Phi) is 5.82. The maximum atomic E-state index is 4.81. The molecular weight excluding hydrogens is 496 g/mol. The van der Waals surface area contributed by atoms with Crippen LogP contribution in [0.5, 0.6) is 0 Å². The molecular formula is C34H30N4S. The Morgan fingerprint density at radius 2 is 1.49 bits per heavy atom. The Bertz CT molecular complexity index is 1840. The van der Waals surface area contributed by atoms with Gasteiger partial charge in [0.25, 0.3) is 0 Å². The number of anilines is 3. The van der Waals surface area contributed by atoms with Gasteiger partial charge < -0.3 is 9.80 Å². The molecule has 0 spiro atoms. The lowest BCUT2D eigenvalue weighted by atomic mass is 10.1. The second kappa shape index (κ2) is 9.51. The van der Waals surface area contributed by atoms with Crippen LogP contribution in [0.25, 0.3) is 27.6 Å². The standard InChI is InChI=1S/C34H30N4S/c1-23(2)24-17-18-35-34(19-24)38-30-12-5-4-11-28(30)29-16-15-27(21-33(29)38)39-26-10-8-9-25(20-26)37-22-36(3)31-13-6-7-14-32(31)37/h4-21,23H,22H2,1-3H3. The normalized spacial score (nSPS) is 13.1. The summed E-state index contributed by atoms with van der Waals surface area (Å²) in [5.41, 5.74) is 7.39. The molecule has 5 heteroatoms. The molecule has 7 rings (SSSR count). The third kappa shape index (κ3) is 4.14. The zero-order chi connectivity index (χ0) is 26.5. The first-order valence-electron chi connectivity index (χ1n) is 13.4. The zero-order valence-corrected chi connectivity index (χ0v) is 23.2. The number of hydrogen-bond acceptors (Lipinski definition) is 4. The zero-order valence-electron chi connectivity index (χ0n) is 22.4. The van der Waals surface area contributed by atoms with Crippen LogP contribution in [-0.2, 0) is 0 Å². The smallest absolute Gasteiger partial charge is 0.137 e. The molecule has 1 aliphatic rings. The van der Waals surface area contributed by atoms with Crippen LogP contribution in [0.1, 0.15) is 25.3 Å². The number of rotatable bonds is 5. The van der Waals surface area contributed by atoms with Gasteiger partial charge in [-0.15, -0.1) is 0 Å². The van der Waals surface area contributed by atoms with Crippen molar-refractivity contribution >= 4 is 50.6 Å². The van der Waals surface area contributed by atoms with Gasteiger partial charge in [-0.1, -0.05) is 68.1 Å². The molecule has 4 nitrogen and oxygen atoms in total. The topological polar surface area (TPSA) is 24.3 Å². The van der Waals surface area contributed by atoms with Gasteiger partial charge in [-0.05, 0) is 72.1 Å². The molecule has 0 unspecified atom stereocenters. The van der Waals surface area contributed by atoms with Crippen molar-refractivity contribution in [3.63, 3.8) is 0 Å².